The fourth-order valence-electron chi connectivity index (χ4n) is 1.00. The van der Waals surface area contributed by atoms with E-state index in [1.165, 1.54) is 4.90 Å². The van der Waals surface area contributed by atoms with Gasteiger partial charge < -0.3 is 0 Å². The average Bonchev–Trinajstić information content (AvgIpc) is 2.16. The molecule has 0 saturated heterocycles. The summed E-state index contributed by atoms with van der Waals surface area (Å²) >= 11 is 3.29. The van der Waals surface area contributed by atoms with Crippen molar-refractivity contribution in [3.63, 3.8) is 0 Å². The van der Waals surface area contributed by atoms with Crippen LogP contribution in [0.3, 0.4) is 0 Å². The largest absolute Gasteiger partial charge is 0.298 e. The molecule has 0 unspecified atom stereocenters. The van der Waals surface area contributed by atoms with Crippen molar-refractivity contribution in [2.24, 2.45) is 0 Å². The van der Waals surface area contributed by atoms with Gasteiger partial charge in [0.1, 0.15) is 0 Å². The molecule has 0 bridgehead atoms. The van der Waals surface area contributed by atoms with Gasteiger partial charge in [-0.1, -0.05) is 12.1 Å². The molecule has 3 heteroatoms. The number of carbonyl (C=O) groups is 1. The lowest BCUT2D eigenvalue weighted by Gasteiger charge is -2.05. The van der Waals surface area contributed by atoms with Crippen LogP contribution in [-0.2, 0) is 0 Å². The molecule has 1 rings (SSSR count). The Hall–Kier alpha value is -0.410. The number of carbonyl (C=O) groups excluding carboxylic acids is 1. The van der Waals surface area contributed by atoms with E-state index in [0.717, 1.165) is 16.7 Å². The van der Waals surface area contributed by atoms with Crippen molar-refractivity contribution in [2.45, 2.75) is 9.79 Å². The number of aldehydes is 1. The lowest BCUT2D eigenvalue weighted by atomic mass is 10.2. The summed E-state index contributed by atoms with van der Waals surface area (Å²) in [7, 11) is 0. The second-order valence-corrected chi connectivity index (χ2v) is 3.87. The second-order valence-electron chi connectivity index (χ2n) is 2.20. The van der Waals surface area contributed by atoms with Crippen LogP contribution < -0.4 is 0 Å². The number of hydrogen-bond donors (Lipinski definition) is 0. The van der Waals surface area contributed by atoms with E-state index in [0.29, 0.717) is 0 Å². The molecule has 0 N–H and O–H groups in total. The number of thioether (sulfide) groups is 2. The molecule has 1 aromatic rings. The molecule has 0 heterocycles. The highest BCUT2D eigenvalue weighted by molar-refractivity contribution is 8.01. The molecule has 0 spiro atoms. The highest BCUT2D eigenvalue weighted by atomic mass is 32.2. The monoisotopic (exact) mass is 198 g/mol. The summed E-state index contributed by atoms with van der Waals surface area (Å²) in [5.74, 6) is 0. The Labute approximate surface area is 80.9 Å². The zero-order chi connectivity index (χ0) is 8.97. The normalized spacial score (nSPS) is 9.83. The van der Waals surface area contributed by atoms with Gasteiger partial charge in [0, 0.05) is 15.4 Å². The minimum atomic E-state index is 0.786. The summed E-state index contributed by atoms with van der Waals surface area (Å²) in [6.45, 7) is 0. The van der Waals surface area contributed by atoms with Crippen molar-refractivity contribution in [2.75, 3.05) is 12.5 Å². The van der Waals surface area contributed by atoms with Crippen molar-refractivity contribution < 1.29 is 4.79 Å². The third kappa shape index (κ3) is 1.84. The predicted octanol–water partition coefficient (Wildman–Crippen LogP) is 2.94. The van der Waals surface area contributed by atoms with Gasteiger partial charge in [-0.15, -0.1) is 23.5 Å². The van der Waals surface area contributed by atoms with Crippen LogP contribution in [0.25, 0.3) is 0 Å². The molecule has 0 aliphatic carbocycles. The first-order valence-corrected chi connectivity index (χ1v) is 5.94. The van der Waals surface area contributed by atoms with Gasteiger partial charge in [0.05, 0.1) is 0 Å². The predicted molar refractivity (Wildman–Crippen MR) is 55.4 cm³/mol. The SMILES string of the molecule is CSc1cccc(C=O)c1SC. The third-order valence-electron chi connectivity index (χ3n) is 1.56. The van der Waals surface area contributed by atoms with E-state index in [9.17, 15) is 4.79 Å². The smallest absolute Gasteiger partial charge is 0.151 e. The lowest BCUT2D eigenvalue weighted by Crippen LogP contribution is -1.86. The van der Waals surface area contributed by atoms with Crippen molar-refractivity contribution in [1.82, 2.24) is 0 Å². The second kappa shape index (κ2) is 4.58. The van der Waals surface area contributed by atoms with E-state index >= 15 is 0 Å². The fraction of sp³-hybridized carbons (Fsp3) is 0.222. The van der Waals surface area contributed by atoms with Crippen molar-refractivity contribution in [3.05, 3.63) is 23.8 Å². The Balaban J connectivity index is 3.21. The Morgan fingerprint density at radius 2 is 2.00 bits per heavy atom. The standard InChI is InChI=1S/C9H10OS2/c1-11-8-5-3-4-7(6-10)9(8)12-2/h3-6H,1-2H3. The van der Waals surface area contributed by atoms with Crippen molar-refractivity contribution in [3.8, 4) is 0 Å². The first-order valence-electron chi connectivity index (χ1n) is 3.49. The number of hydrogen-bond acceptors (Lipinski definition) is 3. The maximum absolute atomic E-state index is 10.6. The molecule has 1 nitrogen and oxygen atoms in total. The van der Waals surface area contributed by atoms with Crippen LogP contribution >= 0.6 is 23.5 Å². The highest BCUT2D eigenvalue weighted by Crippen LogP contribution is 2.30. The van der Waals surface area contributed by atoms with Gasteiger partial charge >= 0.3 is 0 Å². The van der Waals surface area contributed by atoms with Gasteiger partial charge in [-0.25, -0.2) is 0 Å². The molecular weight excluding hydrogens is 188 g/mol. The minimum Gasteiger partial charge on any atom is -0.298 e. The van der Waals surface area contributed by atoms with Crippen molar-refractivity contribution >= 4 is 29.8 Å². The van der Waals surface area contributed by atoms with Crippen LogP contribution in [-0.4, -0.2) is 18.8 Å². The zero-order valence-corrected chi connectivity index (χ0v) is 8.67. The molecule has 0 amide bonds. The molecule has 0 fully saturated rings. The van der Waals surface area contributed by atoms with E-state index in [1.807, 2.05) is 30.7 Å². The van der Waals surface area contributed by atoms with E-state index in [1.54, 1.807) is 23.5 Å². The summed E-state index contributed by atoms with van der Waals surface area (Å²) in [5.41, 5.74) is 0.786. The summed E-state index contributed by atoms with van der Waals surface area (Å²) in [6, 6.07) is 5.79. The van der Waals surface area contributed by atoms with Crippen LogP contribution in [0.1, 0.15) is 10.4 Å². The molecule has 12 heavy (non-hydrogen) atoms. The van der Waals surface area contributed by atoms with Gasteiger partial charge in [-0.05, 0) is 18.6 Å². The van der Waals surface area contributed by atoms with Gasteiger partial charge in [0.2, 0.25) is 0 Å². The Bertz CT molecular complexity index is 284. The van der Waals surface area contributed by atoms with E-state index in [4.69, 9.17) is 0 Å². The van der Waals surface area contributed by atoms with Crippen LogP contribution in [0.2, 0.25) is 0 Å². The number of rotatable bonds is 3. The number of benzene rings is 1. The van der Waals surface area contributed by atoms with E-state index in [2.05, 4.69) is 0 Å². The van der Waals surface area contributed by atoms with Crippen LogP contribution in [0, 0.1) is 0 Å². The first kappa shape index (κ1) is 9.68. The van der Waals surface area contributed by atoms with Crippen LogP contribution in [0.5, 0.6) is 0 Å². The van der Waals surface area contributed by atoms with Gasteiger partial charge in [-0.2, -0.15) is 0 Å². The van der Waals surface area contributed by atoms with E-state index < -0.39 is 0 Å². The van der Waals surface area contributed by atoms with Crippen LogP contribution in [0.4, 0.5) is 0 Å². The average molecular weight is 198 g/mol. The quantitative estimate of drug-likeness (QED) is 0.549. The third-order valence-corrected chi connectivity index (χ3v) is 3.33. The molecule has 0 aliphatic rings. The summed E-state index contributed by atoms with van der Waals surface area (Å²) in [5, 5.41) is 0. The maximum Gasteiger partial charge on any atom is 0.151 e. The van der Waals surface area contributed by atoms with Gasteiger partial charge in [0.15, 0.2) is 6.29 Å². The summed E-state index contributed by atoms with van der Waals surface area (Å²) in [4.78, 5) is 12.9. The molecule has 0 atom stereocenters. The molecule has 64 valence electrons. The Morgan fingerprint density at radius 1 is 1.25 bits per heavy atom. The van der Waals surface area contributed by atoms with Gasteiger partial charge in [0.25, 0.3) is 0 Å². The molecule has 0 radical (unpaired) electrons. The molecule has 1 aromatic carbocycles. The van der Waals surface area contributed by atoms with Crippen molar-refractivity contribution in [1.29, 1.82) is 0 Å². The summed E-state index contributed by atoms with van der Waals surface area (Å²) < 4.78 is 0. The minimum absolute atomic E-state index is 0.786. The topological polar surface area (TPSA) is 17.1 Å². The molecular formula is C9H10OS2. The van der Waals surface area contributed by atoms with Gasteiger partial charge in [-0.3, -0.25) is 4.79 Å². The van der Waals surface area contributed by atoms with E-state index in [-0.39, 0.29) is 0 Å². The zero-order valence-electron chi connectivity index (χ0n) is 7.03. The molecule has 0 aromatic heterocycles. The Morgan fingerprint density at radius 3 is 2.50 bits per heavy atom. The Kier molecular flexibility index (Phi) is 3.69. The highest BCUT2D eigenvalue weighted by Gasteiger charge is 2.04. The lowest BCUT2D eigenvalue weighted by molar-refractivity contribution is 0.112. The molecule has 0 aliphatic heterocycles. The molecule has 0 saturated carbocycles. The fourth-order valence-corrected chi connectivity index (χ4v) is 2.64. The summed E-state index contributed by atoms with van der Waals surface area (Å²) in [6.07, 6.45) is 4.91. The maximum atomic E-state index is 10.6. The first-order chi connectivity index (χ1) is 5.83. The van der Waals surface area contributed by atoms with Crippen LogP contribution in [0.15, 0.2) is 28.0 Å².